The molecule has 1 amide bonds. The molecule has 3 nitrogen and oxygen atoms in total. The van der Waals surface area contributed by atoms with E-state index in [0.717, 1.165) is 38.8 Å². The van der Waals surface area contributed by atoms with Crippen molar-refractivity contribution in [2.24, 2.45) is 5.92 Å². The predicted octanol–water partition coefficient (Wildman–Crippen LogP) is 3.35. The highest BCUT2D eigenvalue weighted by atomic mass is 16.1. The van der Waals surface area contributed by atoms with E-state index < -0.39 is 0 Å². The first-order chi connectivity index (χ1) is 10.3. The molecule has 2 fully saturated rings. The van der Waals surface area contributed by atoms with Gasteiger partial charge in [-0.2, -0.15) is 0 Å². The Morgan fingerprint density at radius 1 is 1.00 bits per heavy atom. The van der Waals surface area contributed by atoms with Crippen LogP contribution in [-0.4, -0.2) is 25.0 Å². The molecule has 1 saturated carbocycles. The number of hydrogen-bond donors (Lipinski definition) is 1. The fourth-order valence-electron chi connectivity index (χ4n) is 3.65. The zero-order valence-corrected chi connectivity index (χ0v) is 12.8. The number of amides is 1. The van der Waals surface area contributed by atoms with Gasteiger partial charge in [-0.25, -0.2) is 0 Å². The summed E-state index contributed by atoms with van der Waals surface area (Å²) in [6, 6.07) is 10.8. The van der Waals surface area contributed by atoms with Gasteiger partial charge in [0.25, 0.3) is 0 Å². The minimum Gasteiger partial charge on any atom is -0.369 e. The zero-order chi connectivity index (χ0) is 14.5. The molecular weight excluding hydrogens is 260 g/mol. The molecule has 1 aliphatic heterocycles. The third-order valence-electron chi connectivity index (χ3n) is 4.87. The molecule has 1 N–H and O–H groups in total. The minimum absolute atomic E-state index is 0.269. The number of anilines is 1. The highest BCUT2D eigenvalue weighted by Crippen LogP contribution is 2.25. The number of hydrogen-bond acceptors (Lipinski definition) is 2. The van der Waals surface area contributed by atoms with E-state index >= 15 is 0 Å². The molecule has 0 aromatic heterocycles. The van der Waals surface area contributed by atoms with Gasteiger partial charge in [-0.15, -0.1) is 0 Å². The minimum atomic E-state index is 0.269. The van der Waals surface area contributed by atoms with E-state index in [0.29, 0.717) is 11.9 Å². The van der Waals surface area contributed by atoms with Crippen LogP contribution in [0.2, 0.25) is 0 Å². The molecule has 3 rings (SSSR count). The molecule has 0 spiro atoms. The first-order valence-corrected chi connectivity index (χ1v) is 8.43. The van der Waals surface area contributed by atoms with Gasteiger partial charge in [-0.1, -0.05) is 37.5 Å². The SMILES string of the molecule is O=C(N[C@H]1CCCN(c2ccccc2)C1)C1CCCCC1. The smallest absolute Gasteiger partial charge is 0.223 e. The molecule has 1 atom stereocenters. The fourth-order valence-corrected chi connectivity index (χ4v) is 3.65. The lowest BCUT2D eigenvalue weighted by atomic mass is 9.88. The Hall–Kier alpha value is -1.51. The van der Waals surface area contributed by atoms with Gasteiger partial charge < -0.3 is 10.2 Å². The summed E-state index contributed by atoms with van der Waals surface area (Å²) < 4.78 is 0. The van der Waals surface area contributed by atoms with Crippen molar-refractivity contribution in [3.8, 4) is 0 Å². The van der Waals surface area contributed by atoms with Gasteiger partial charge in [0.15, 0.2) is 0 Å². The summed E-state index contributed by atoms with van der Waals surface area (Å²) in [6.07, 6.45) is 8.18. The predicted molar refractivity (Wildman–Crippen MR) is 86.4 cm³/mol. The van der Waals surface area contributed by atoms with Gasteiger partial charge in [0.05, 0.1) is 0 Å². The average molecular weight is 286 g/mol. The van der Waals surface area contributed by atoms with Crippen molar-refractivity contribution in [2.45, 2.75) is 51.0 Å². The molecule has 1 aromatic carbocycles. The molecule has 1 aliphatic carbocycles. The van der Waals surface area contributed by atoms with E-state index in [1.165, 1.54) is 24.9 Å². The summed E-state index contributed by atoms with van der Waals surface area (Å²) in [5.74, 6) is 0.570. The molecule has 1 heterocycles. The molecule has 0 bridgehead atoms. The van der Waals surface area contributed by atoms with Crippen molar-refractivity contribution in [3.05, 3.63) is 30.3 Å². The number of carbonyl (C=O) groups excluding carboxylic acids is 1. The summed E-state index contributed by atoms with van der Waals surface area (Å²) >= 11 is 0. The Balaban J connectivity index is 1.55. The van der Waals surface area contributed by atoms with Crippen molar-refractivity contribution in [3.63, 3.8) is 0 Å². The Morgan fingerprint density at radius 3 is 2.52 bits per heavy atom. The first kappa shape index (κ1) is 14.4. The highest BCUT2D eigenvalue weighted by Gasteiger charge is 2.26. The van der Waals surface area contributed by atoms with E-state index in [1.54, 1.807) is 0 Å². The van der Waals surface area contributed by atoms with Gasteiger partial charge in [-0.05, 0) is 37.8 Å². The number of benzene rings is 1. The van der Waals surface area contributed by atoms with Crippen LogP contribution >= 0.6 is 0 Å². The lowest BCUT2D eigenvalue weighted by Crippen LogP contribution is -2.49. The van der Waals surface area contributed by atoms with Crippen molar-refractivity contribution in [1.29, 1.82) is 0 Å². The molecule has 114 valence electrons. The van der Waals surface area contributed by atoms with Gasteiger partial charge >= 0.3 is 0 Å². The standard InChI is InChI=1S/C18H26N2O/c21-18(15-8-3-1-4-9-15)19-16-10-7-13-20(14-16)17-11-5-2-6-12-17/h2,5-6,11-12,15-16H,1,3-4,7-10,13-14H2,(H,19,21)/t16-/m0/s1. The third kappa shape index (κ3) is 3.78. The maximum Gasteiger partial charge on any atom is 0.223 e. The number of piperidine rings is 1. The van der Waals surface area contributed by atoms with Crippen LogP contribution in [0.1, 0.15) is 44.9 Å². The van der Waals surface area contributed by atoms with E-state index in [4.69, 9.17) is 0 Å². The summed E-state index contributed by atoms with van der Waals surface area (Å²) in [6.45, 7) is 2.04. The van der Waals surface area contributed by atoms with Crippen LogP contribution in [-0.2, 0) is 4.79 Å². The lowest BCUT2D eigenvalue weighted by Gasteiger charge is -2.35. The second-order valence-corrected chi connectivity index (χ2v) is 6.46. The van der Waals surface area contributed by atoms with E-state index in [2.05, 4.69) is 40.5 Å². The molecule has 2 aliphatic rings. The largest absolute Gasteiger partial charge is 0.369 e. The molecular formula is C18H26N2O. The maximum absolute atomic E-state index is 12.4. The fraction of sp³-hybridized carbons (Fsp3) is 0.611. The number of para-hydroxylation sites is 1. The van der Waals surface area contributed by atoms with Crippen molar-refractivity contribution in [2.75, 3.05) is 18.0 Å². The Labute approximate surface area is 127 Å². The number of rotatable bonds is 3. The van der Waals surface area contributed by atoms with Crippen LogP contribution in [0.3, 0.4) is 0 Å². The molecule has 3 heteroatoms. The summed E-state index contributed by atoms with van der Waals surface area (Å²) in [7, 11) is 0. The van der Waals surface area contributed by atoms with Crippen LogP contribution < -0.4 is 10.2 Å². The van der Waals surface area contributed by atoms with Gasteiger partial charge in [0.1, 0.15) is 0 Å². The van der Waals surface area contributed by atoms with Gasteiger partial charge in [0, 0.05) is 30.7 Å². The van der Waals surface area contributed by atoms with E-state index in [-0.39, 0.29) is 5.92 Å². The molecule has 0 radical (unpaired) electrons. The highest BCUT2D eigenvalue weighted by molar-refractivity contribution is 5.79. The number of nitrogens with one attached hydrogen (secondary N) is 1. The lowest BCUT2D eigenvalue weighted by molar-refractivity contribution is -0.126. The number of carbonyl (C=O) groups is 1. The summed E-state index contributed by atoms with van der Waals surface area (Å²) in [5, 5.41) is 3.31. The van der Waals surface area contributed by atoms with Gasteiger partial charge in [0.2, 0.25) is 5.91 Å². The maximum atomic E-state index is 12.4. The van der Waals surface area contributed by atoms with E-state index in [1.807, 2.05) is 0 Å². The third-order valence-corrected chi connectivity index (χ3v) is 4.87. The number of nitrogens with zero attached hydrogens (tertiary/aromatic N) is 1. The van der Waals surface area contributed by atoms with Crippen molar-refractivity contribution >= 4 is 11.6 Å². The van der Waals surface area contributed by atoms with Crippen molar-refractivity contribution in [1.82, 2.24) is 5.32 Å². The summed E-state index contributed by atoms with van der Waals surface area (Å²) in [4.78, 5) is 14.8. The summed E-state index contributed by atoms with van der Waals surface area (Å²) in [5.41, 5.74) is 1.27. The Kier molecular flexibility index (Phi) is 4.79. The molecule has 0 unspecified atom stereocenters. The molecule has 1 saturated heterocycles. The first-order valence-electron chi connectivity index (χ1n) is 8.43. The van der Waals surface area contributed by atoms with Gasteiger partial charge in [-0.3, -0.25) is 4.79 Å². The monoisotopic (exact) mass is 286 g/mol. The topological polar surface area (TPSA) is 32.3 Å². The average Bonchev–Trinajstić information content (AvgIpc) is 2.57. The molecule has 1 aromatic rings. The normalized spacial score (nSPS) is 23.8. The Morgan fingerprint density at radius 2 is 1.76 bits per heavy atom. The van der Waals surface area contributed by atoms with Crippen LogP contribution in [0, 0.1) is 5.92 Å². The van der Waals surface area contributed by atoms with Crippen LogP contribution in [0.15, 0.2) is 30.3 Å². The second-order valence-electron chi connectivity index (χ2n) is 6.46. The van der Waals surface area contributed by atoms with Crippen LogP contribution in [0.5, 0.6) is 0 Å². The zero-order valence-electron chi connectivity index (χ0n) is 12.8. The van der Waals surface area contributed by atoms with Crippen LogP contribution in [0.4, 0.5) is 5.69 Å². The Bertz CT molecular complexity index is 454. The quantitative estimate of drug-likeness (QED) is 0.924. The van der Waals surface area contributed by atoms with E-state index in [9.17, 15) is 4.79 Å². The van der Waals surface area contributed by atoms with Crippen molar-refractivity contribution < 1.29 is 4.79 Å². The molecule has 21 heavy (non-hydrogen) atoms. The van der Waals surface area contributed by atoms with Crippen LogP contribution in [0.25, 0.3) is 0 Å². The second kappa shape index (κ2) is 6.97.